The summed E-state index contributed by atoms with van der Waals surface area (Å²) in [4.78, 5) is 41.0. The Morgan fingerprint density at radius 3 is 2.46 bits per heavy atom. The van der Waals surface area contributed by atoms with E-state index in [0.29, 0.717) is 17.2 Å². The van der Waals surface area contributed by atoms with E-state index in [9.17, 15) is 14.4 Å². The van der Waals surface area contributed by atoms with Gasteiger partial charge in [-0.15, -0.1) is 0 Å². The van der Waals surface area contributed by atoms with Crippen molar-refractivity contribution in [1.82, 2.24) is 9.69 Å². The molecular formula is C25H29N5O4S. The van der Waals surface area contributed by atoms with Crippen LogP contribution < -0.4 is 21.7 Å². The number of nitrogens with two attached hydrogens (primary N) is 2. The summed E-state index contributed by atoms with van der Waals surface area (Å²) in [5, 5.41) is 3.10. The number of anilines is 2. The smallest absolute Gasteiger partial charge is 0.273 e. The number of nitrogens with one attached hydrogen (secondary N) is 1. The van der Waals surface area contributed by atoms with E-state index in [-0.39, 0.29) is 28.2 Å². The fraction of sp³-hybridized carbons (Fsp3) is 0.360. The molecule has 2 heterocycles. The van der Waals surface area contributed by atoms with Crippen molar-refractivity contribution in [2.24, 2.45) is 5.73 Å². The zero-order valence-electron chi connectivity index (χ0n) is 20.0. The molecule has 5 N–H and O–H groups in total. The molecular weight excluding hydrogens is 466 g/mol. The van der Waals surface area contributed by atoms with E-state index >= 15 is 0 Å². The molecule has 1 aliphatic carbocycles. The van der Waals surface area contributed by atoms with Gasteiger partial charge in [0.1, 0.15) is 16.4 Å². The number of aryl methyl sites for hydroxylation is 3. The minimum absolute atomic E-state index is 0.0293. The lowest BCUT2D eigenvalue weighted by atomic mass is 10.0. The molecule has 0 radical (unpaired) electrons. The summed E-state index contributed by atoms with van der Waals surface area (Å²) in [6.45, 7) is 5.54. The van der Waals surface area contributed by atoms with Crippen molar-refractivity contribution in [3.63, 3.8) is 0 Å². The van der Waals surface area contributed by atoms with Gasteiger partial charge in [-0.2, -0.15) is 4.37 Å². The average Bonchev–Trinajstić information content (AvgIpc) is 3.55. The van der Waals surface area contributed by atoms with Crippen LogP contribution in [-0.4, -0.2) is 28.1 Å². The second kappa shape index (κ2) is 9.91. The van der Waals surface area contributed by atoms with Crippen LogP contribution in [0.25, 0.3) is 0 Å². The Morgan fingerprint density at radius 2 is 1.86 bits per heavy atom. The molecule has 2 aromatic heterocycles. The highest BCUT2D eigenvalue weighted by Gasteiger charge is 2.39. The number of rotatable bonds is 7. The van der Waals surface area contributed by atoms with Crippen LogP contribution in [0.3, 0.4) is 0 Å². The van der Waals surface area contributed by atoms with Gasteiger partial charge in [0.05, 0.1) is 5.69 Å². The van der Waals surface area contributed by atoms with Gasteiger partial charge in [0, 0.05) is 11.7 Å². The molecule has 35 heavy (non-hydrogen) atoms. The monoisotopic (exact) mass is 495 g/mol. The Bertz CT molecular complexity index is 1270. The van der Waals surface area contributed by atoms with Gasteiger partial charge in [-0.05, 0) is 74.5 Å². The predicted molar refractivity (Wildman–Crippen MR) is 134 cm³/mol. The molecule has 0 saturated heterocycles. The molecule has 3 amide bonds. The fourth-order valence-electron chi connectivity index (χ4n) is 4.41. The van der Waals surface area contributed by atoms with Crippen molar-refractivity contribution in [2.45, 2.75) is 58.5 Å². The third-order valence-corrected chi connectivity index (χ3v) is 7.09. The number of primary amides is 1. The zero-order valence-corrected chi connectivity index (χ0v) is 20.8. The lowest BCUT2D eigenvalue weighted by molar-refractivity contribution is -0.123. The standard InChI is InChI=1S/C25H29N5O4S/c1-13-8-9-14(2)17(12-13)30(25(33)22-19(26)20(23(27)31)29-35-22)21(18-11-10-15(3)34-18)24(32)28-16-6-4-5-7-16/h8-12,16,21H,4-7,26H2,1-3H3,(H2,27,31)(H,28,32)/t21-/m1/s1. The third kappa shape index (κ3) is 4.93. The minimum atomic E-state index is -1.10. The number of carbonyl (C=O) groups is 3. The van der Waals surface area contributed by atoms with E-state index in [1.807, 2.05) is 32.0 Å². The molecule has 1 aliphatic rings. The van der Waals surface area contributed by atoms with Crippen molar-refractivity contribution < 1.29 is 18.8 Å². The molecule has 10 heteroatoms. The van der Waals surface area contributed by atoms with Crippen LogP contribution in [0.4, 0.5) is 11.4 Å². The maximum Gasteiger partial charge on any atom is 0.273 e. The van der Waals surface area contributed by atoms with Crippen molar-refractivity contribution in [1.29, 1.82) is 0 Å². The fourth-order valence-corrected chi connectivity index (χ4v) is 5.15. The first-order valence-electron chi connectivity index (χ1n) is 11.5. The number of amides is 3. The molecule has 0 bridgehead atoms. The topological polar surface area (TPSA) is 145 Å². The van der Waals surface area contributed by atoms with Crippen molar-refractivity contribution >= 4 is 40.6 Å². The number of benzene rings is 1. The van der Waals surface area contributed by atoms with Gasteiger partial charge in [-0.25, -0.2) is 0 Å². The van der Waals surface area contributed by atoms with E-state index < -0.39 is 17.9 Å². The first-order chi connectivity index (χ1) is 16.7. The Morgan fingerprint density at radius 1 is 1.14 bits per heavy atom. The van der Waals surface area contributed by atoms with E-state index in [2.05, 4.69) is 9.69 Å². The number of aromatic nitrogens is 1. The summed E-state index contributed by atoms with van der Waals surface area (Å²) in [7, 11) is 0. The van der Waals surface area contributed by atoms with Gasteiger partial charge < -0.3 is 21.2 Å². The Hall–Kier alpha value is -3.66. The van der Waals surface area contributed by atoms with Crippen molar-refractivity contribution in [3.8, 4) is 0 Å². The van der Waals surface area contributed by atoms with E-state index in [1.165, 1.54) is 4.90 Å². The molecule has 4 rings (SSSR count). The quantitative estimate of drug-likeness (QED) is 0.455. The largest absolute Gasteiger partial charge is 0.464 e. The van der Waals surface area contributed by atoms with Crippen LogP contribution in [0.5, 0.6) is 0 Å². The highest BCUT2D eigenvalue weighted by atomic mass is 32.1. The maximum atomic E-state index is 14.1. The van der Waals surface area contributed by atoms with Crippen molar-refractivity contribution in [3.05, 3.63) is 63.6 Å². The zero-order chi connectivity index (χ0) is 25.3. The second-order valence-electron chi connectivity index (χ2n) is 8.94. The SMILES string of the molecule is Cc1ccc(C)c(N(C(=O)c2snc(C(N)=O)c2N)[C@@H](C(=O)NC2CCCC2)c2ccc(C)o2)c1. The second-order valence-corrected chi connectivity index (χ2v) is 9.72. The van der Waals surface area contributed by atoms with Crippen LogP contribution in [0.15, 0.2) is 34.7 Å². The van der Waals surface area contributed by atoms with Gasteiger partial charge in [0.25, 0.3) is 17.7 Å². The van der Waals surface area contributed by atoms with Crippen LogP contribution in [0.1, 0.15) is 74.5 Å². The third-order valence-electron chi connectivity index (χ3n) is 6.24. The average molecular weight is 496 g/mol. The predicted octanol–water partition coefficient (Wildman–Crippen LogP) is 3.79. The molecule has 184 valence electrons. The van der Waals surface area contributed by atoms with Crippen LogP contribution in [0, 0.1) is 20.8 Å². The Balaban J connectivity index is 1.88. The number of nitrogen functional groups attached to an aromatic ring is 1. The molecule has 1 saturated carbocycles. The van der Waals surface area contributed by atoms with Gasteiger partial charge in [-0.3, -0.25) is 19.3 Å². The van der Waals surface area contributed by atoms with Crippen LogP contribution in [-0.2, 0) is 4.79 Å². The molecule has 1 aromatic carbocycles. The molecule has 1 atom stereocenters. The van der Waals surface area contributed by atoms with Crippen molar-refractivity contribution in [2.75, 3.05) is 10.6 Å². The number of hydrogen-bond donors (Lipinski definition) is 3. The van der Waals surface area contributed by atoms with Gasteiger partial charge in [0.2, 0.25) is 0 Å². The summed E-state index contributed by atoms with van der Waals surface area (Å²) in [6.07, 6.45) is 3.86. The van der Waals surface area contributed by atoms with Crippen LogP contribution >= 0.6 is 11.5 Å². The van der Waals surface area contributed by atoms with E-state index in [4.69, 9.17) is 15.9 Å². The van der Waals surface area contributed by atoms with E-state index in [1.54, 1.807) is 19.1 Å². The van der Waals surface area contributed by atoms with Gasteiger partial charge in [-0.1, -0.05) is 25.0 Å². The van der Waals surface area contributed by atoms with Gasteiger partial charge in [0.15, 0.2) is 11.7 Å². The Labute approximate surface area is 207 Å². The summed E-state index contributed by atoms with van der Waals surface area (Å²) in [5.74, 6) is -0.806. The minimum Gasteiger partial charge on any atom is -0.464 e. The molecule has 1 fully saturated rings. The molecule has 3 aromatic rings. The molecule has 0 unspecified atom stereocenters. The summed E-state index contributed by atoms with van der Waals surface area (Å²) >= 11 is 0.779. The summed E-state index contributed by atoms with van der Waals surface area (Å²) < 4.78 is 9.88. The molecule has 0 aliphatic heterocycles. The molecule has 9 nitrogen and oxygen atoms in total. The number of furan rings is 1. The number of hydrogen-bond acceptors (Lipinski definition) is 7. The highest BCUT2D eigenvalue weighted by molar-refractivity contribution is 7.09. The van der Waals surface area contributed by atoms with E-state index in [0.717, 1.165) is 48.3 Å². The lowest BCUT2D eigenvalue weighted by Crippen LogP contribution is -2.46. The summed E-state index contributed by atoms with van der Waals surface area (Å²) in [5.41, 5.74) is 13.4. The first-order valence-corrected chi connectivity index (χ1v) is 12.3. The van der Waals surface area contributed by atoms with Crippen LogP contribution in [0.2, 0.25) is 0 Å². The Kier molecular flexibility index (Phi) is 6.93. The maximum absolute atomic E-state index is 14.1. The molecule has 0 spiro atoms. The number of carbonyl (C=O) groups excluding carboxylic acids is 3. The lowest BCUT2D eigenvalue weighted by Gasteiger charge is -2.32. The highest BCUT2D eigenvalue weighted by Crippen LogP contribution is 2.36. The summed E-state index contributed by atoms with van der Waals surface area (Å²) in [6, 6.07) is 8.04. The van der Waals surface area contributed by atoms with Gasteiger partial charge >= 0.3 is 0 Å². The first kappa shape index (κ1) is 24.5. The normalized spacial score (nSPS) is 14.6. The number of nitrogens with zero attached hydrogens (tertiary/aromatic N) is 2.